The summed E-state index contributed by atoms with van der Waals surface area (Å²) in [5, 5.41) is 0. The van der Waals surface area contributed by atoms with Gasteiger partial charge in [-0.1, -0.05) is 65.9 Å². The van der Waals surface area contributed by atoms with Gasteiger partial charge in [0.15, 0.2) is 0 Å². The summed E-state index contributed by atoms with van der Waals surface area (Å²) in [4.78, 5) is 19.3. The molecule has 1 heterocycles. The number of carbonyl (C=O) groups excluding carboxylic acids is 2. The third-order valence-electron chi connectivity index (χ3n) is 3.32. The van der Waals surface area contributed by atoms with Crippen molar-refractivity contribution in [3.8, 4) is 0 Å². The second-order valence-electron chi connectivity index (χ2n) is 6.33. The highest BCUT2D eigenvalue weighted by atomic mass is 16.3. The van der Waals surface area contributed by atoms with E-state index in [9.17, 15) is 9.59 Å². The summed E-state index contributed by atoms with van der Waals surface area (Å²) in [6.45, 7) is 8.11. The number of aryl methyl sites for hydroxylation is 1. The molecule has 0 aliphatic rings. The van der Waals surface area contributed by atoms with Crippen molar-refractivity contribution in [2.75, 3.05) is 0 Å². The number of furan rings is 1. The van der Waals surface area contributed by atoms with Crippen molar-refractivity contribution in [1.82, 2.24) is 0 Å². The molecular weight excluding hydrogens is 312 g/mol. The molecule has 0 N–H and O–H groups in total. The summed E-state index contributed by atoms with van der Waals surface area (Å²) in [6.07, 6.45) is 18.1. The molecule has 1 aromatic heterocycles. The van der Waals surface area contributed by atoms with Gasteiger partial charge in [-0.2, -0.15) is 0 Å². The number of unbranched alkanes of at least 4 members (excludes halogenated alkanes) is 6. The normalized spacial score (nSPS) is 9.96. The second kappa shape index (κ2) is 22.4. The topological polar surface area (TPSA) is 47.3 Å². The average Bonchev–Trinajstić information content (AvgIpc) is 3.13. The van der Waals surface area contributed by atoms with Gasteiger partial charge >= 0.3 is 0 Å². The van der Waals surface area contributed by atoms with Crippen LogP contribution in [0.15, 0.2) is 35.0 Å². The molecule has 0 aliphatic carbocycles. The molecule has 0 bridgehead atoms. The number of allylic oxidation sites excluding steroid dienone is 2. The number of rotatable bonds is 11. The van der Waals surface area contributed by atoms with Gasteiger partial charge < -0.3 is 9.21 Å². The maximum Gasteiger partial charge on any atom is 0.142 e. The molecular formula is C22H38O3. The summed E-state index contributed by atoms with van der Waals surface area (Å²) in [5.41, 5.74) is 0. The molecule has 144 valence electrons. The highest BCUT2D eigenvalue weighted by Gasteiger charge is 1.92. The lowest BCUT2D eigenvalue weighted by Gasteiger charge is -1.93. The van der Waals surface area contributed by atoms with E-state index in [0.717, 1.165) is 31.2 Å². The zero-order chi connectivity index (χ0) is 19.2. The van der Waals surface area contributed by atoms with Crippen molar-refractivity contribution in [3.05, 3.63) is 36.3 Å². The number of hydrogen-bond donors (Lipinski definition) is 0. The lowest BCUT2D eigenvalue weighted by molar-refractivity contribution is -0.110. The fourth-order valence-electron chi connectivity index (χ4n) is 1.84. The summed E-state index contributed by atoms with van der Waals surface area (Å²) in [7, 11) is 0. The average molecular weight is 351 g/mol. The summed E-state index contributed by atoms with van der Waals surface area (Å²) >= 11 is 0. The van der Waals surface area contributed by atoms with E-state index in [1.165, 1.54) is 44.9 Å². The first-order valence-corrected chi connectivity index (χ1v) is 9.70. The van der Waals surface area contributed by atoms with Crippen LogP contribution in [0, 0.1) is 5.92 Å². The Labute approximate surface area is 154 Å². The van der Waals surface area contributed by atoms with Crippen LogP contribution in [0.4, 0.5) is 0 Å². The molecule has 25 heavy (non-hydrogen) atoms. The van der Waals surface area contributed by atoms with Crippen molar-refractivity contribution in [1.29, 1.82) is 0 Å². The Morgan fingerprint density at radius 2 is 1.64 bits per heavy atom. The molecule has 0 unspecified atom stereocenters. The lowest BCUT2D eigenvalue weighted by atomic mass is 10.1. The van der Waals surface area contributed by atoms with Gasteiger partial charge in [0.25, 0.3) is 0 Å². The zero-order valence-corrected chi connectivity index (χ0v) is 16.7. The Hall–Kier alpha value is -1.64. The minimum atomic E-state index is 0.204. The van der Waals surface area contributed by atoms with Crippen molar-refractivity contribution in [3.63, 3.8) is 0 Å². The van der Waals surface area contributed by atoms with Crippen molar-refractivity contribution < 1.29 is 14.0 Å². The predicted molar refractivity (Wildman–Crippen MR) is 107 cm³/mol. The quantitative estimate of drug-likeness (QED) is 0.258. The molecule has 0 saturated heterocycles. The first kappa shape index (κ1) is 25.6. The monoisotopic (exact) mass is 350 g/mol. The summed E-state index contributed by atoms with van der Waals surface area (Å²) < 4.78 is 5.18. The SMILES string of the molecule is CC(C)C=O.CCCCCC/C=C\C=O.CCCCCc1ccco1. The third-order valence-corrected chi connectivity index (χ3v) is 3.32. The van der Waals surface area contributed by atoms with Crippen LogP contribution in [0.25, 0.3) is 0 Å². The van der Waals surface area contributed by atoms with Gasteiger partial charge in [0, 0.05) is 12.3 Å². The standard InChI is InChI=1S/C9H14O.C9H16O.C4H8O/c1-2-3-4-6-9-7-5-8-10-9;1-2-3-4-5-6-7-8-9-10;1-4(2)3-5/h5,7-8H,2-4,6H2,1H3;7-9H,2-6H2,1H3;3-4H,1-2H3/b;8-7-;. The molecule has 1 aromatic rings. The summed E-state index contributed by atoms with van der Waals surface area (Å²) in [6, 6.07) is 3.98. The molecule has 3 heteroatoms. The second-order valence-corrected chi connectivity index (χ2v) is 6.33. The van der Waals surface area contributed by atoms with Crippen LogP contribution in [0.5, 0.6) is 0 Å². The smallest absolute Gasteiger partial charge is 0.142 e. The third kappa shape index (κ3) is 24.7. The van der Waals surface area contributed by atoms with E-state index < -0.39 is 0 Å². The van der Waals surface area contributed by atoms with Gasteiger partial charge in [-0.05, 0) is 37.5 Å². The Kier molecular flexibility index (Phi) is 22.9. The molecule has 0 aromatic carbocycles. The molecule has 0 spiro atoms. The largest absolute Gasteiger partial charge is 0.469 e. The minimum Gasteiger partial charge on any atom is -0.469 e. The van der Waals surface area contributed by atoms with E-state index in [0.29, 0.717) is 0 Å². The van der Waals surface area contributed by atoms with Crippen LogP contribution in [-0.2, 0) is 16.0 Å². The molecule has 0 atom stereocenters. The highest BCUT2D eigenvalue weighted by molar-refractivity contribution is 5.64. The molecule has 0 fully saturated rings. The van der Waals surface area contributed by atoms with Gasteiger partial charge in [-0.25, -0.2) is 0 Å². The number of hydrogen-bond acceptors (Lipinski definition) is 3. The van der Waals surface area contributed by atoms with Gasteiger partial charge in [-0.3, -0.25) is 4.79 Å². The van der Waals surface area contributed by atoms with Crippen LogP contribution in [0.1, 0.15) is 84.8 Å². The van der Waals surface area contributed by atoms with Crippen LogP contribution in [0.2, 0.25) is 0 Å². The van der Waals surface area contributed by atoms with Gasteiger partial charge in [-0.15, -0.1) is 0 Å². The van der Waals surface area contributed by atoms with E-state index in [1.54, 1.807) is 12.3 Å². The number of aldehydes is 2. The van der Waals surface area contributed by atoms with Crippen molar-refractivity contribution in [2.45, 2.75) is 85.5 Å². The first-order chi connectivity index (χ1) is 12.1. The van der Waals surface area contributed by atoms with E-state index in [-0.39, 0.29) is 5.92 Å². The fourth-order valence-corrected chi connectivity index (χ4v) is 1.84. The van der Waals surface area contributed by atoms with E-state index in [4.69, 9.17) is 4.42 Å². The van der Waals surface area contributed by atoms with Crippen LogP contribution in [0.3, 0.4) is 0 Å². The Morgan fingerprint density at radius 1 is 1.00 bits per heavy atom. The number of carbonyl (C=O) groups is 2. The van der Waals surface area contributed by atoms with Gasteiger partial charge in [0.1, 0.15) is 18.3 Å². The molecule has 3 nitrogen and oxygen atoms in total. The maximum absolute atomic E-state index is 9.81. The molecule has 0 saturated carbocycles. The highest BCUT2D eigenvalue weighted by Crippen LogP contribution is 2.06. The zero-order valence-electron chi connectivity index (χ0n) is 16.7. The van der Waals surface area contributed by atoms with Crippen molar-refractivity contribution >= 4 is 12.6 Å². The van der Waals surface area contributed by atoms with Crippen molar-refractivity contribution in [2.24, 2.45) is 5.92 Å². The minimum absolute atomic E-state index is 0.204. The van der Waals surface area contributed by atoms with Gasteiger partial charge in [0.05, 0.1) is 6.26 Å². The summed E-state index contributed by atoms with van der Waals surface area (Å²) in [5.74, 6) is 1.32. The lowest BCUT2D eigenvalue weighted by Crippen LogP contribution is -1.82. The Bertz CT molecular complexity index is 391. The first-order valence-electron chi connectivity index (χ1n) is 9.70. The molecule has 0 radical (unpaired) electrons. The molecule has 0 aliphatic heterocycles. The maximum atomic E-state index is 9.81. The van der Waals surface area contributed by atoms with Crippen LogP contribution < -0.4 is 0 Å². The fraction of sp³-hybridized carbons (Fsp3) is 0.636. The van der Waals surface area contributed by atoms with E-state index >= 15 is 0 Å². The Morgan fingerprint density at radius 3 is 2.12 bits per heavy atom. The van der Waals surface area contributed by atoms with Gasteiger partial charge in [0.2, 0.25) is 0 Å². The van der Waals surface area contributed by atoms with E-state index in [1.807, 2.05) is 32.1 Å². The molecule has 0 amide bonds. The van der Waals surface area contributed by atoms with Crippen LogP contribution >= 0.6 is 0 Å². The van der Waals surface area contributed by atoms with E-state index in [2.05, 4.69) is 13.8 Å². The van der Waals surface area contributed by atoms with Crippen LogP contribution in [-0.4, -0.2) is 12.6 Å². The Balaban J connectivity index is 0. The predicted octanol–water partition coefficient (Wildman–Crippen LogP) is 6.57. The molecule has 1 rings (SSSR count).